The van der Waals surface area contributed by atoms with E-state index in [0.717, 1.165) is 62.1 Å². The highest BCUT2D eigenvalue weighted by atomic mass is 19.1. The first kappa shape index (κ1) is 27.8. The number of aromatic amines is 1. The van der Waals surface area contributed by atoms with Crippen molar-refractivity contribution in [1.82, 2.24) is 34.5 Å². The smallest absolute Gasteiger partial charge is 0.256 e. The molecular weight excluding hydrogens is 517 g/mol. The van der Waals surface area contributed by atoms with Gasteiger partial charge in [0.05, 0.1) is 43.4 Å². The number of aliphatic hydroxyl groups excluding tert-OH is 1. The number of aryl methyl sites for hydroxylation is 1. The Morgan fingerprint density at radius 2 is 1.98 bits per heavy atom. The van der Waals surface area contributed by atoms with E-state index in [1.165, 1.54) is 7.11 Å². The Morgan fingerprint density at radius 3 is 2.73 bits per heavy atom. The summed E-state index contributed by atoms with van der Waals surface area (Å²) in [5, 5.41) is 22.3. The predicted molar refractivity (Wildman–Crippen MR) is 151 cm³/mol. The third-order valence-electron chi connectivity index (χ3n) is 7.30. The molecule has 12 nitrogen and oxygen atoms in total. The average molecular weight is 554 g/mol. The summed E-state index contributed by atoms with van der Waals surface area (Å²) >= 11 is 0. The van der Waals surface area contributed by atoms with Crippen molar-refractivity contribution >= 4 is 28.2 Å². The second-order valence-corrected chi connectivity index (χ2v) is 9.87. The first-order chi connectivity index (χ1) is 19.4. The molecule has 1 aliphatic rings. The van der Waals surface area contributed by atoms with Crippen molar-refractivity contribution in [2.45, 2.75) is 19.2 Å². The van der Waals surface area contributed by atoms with Gasteiger partial charge in [0.25, 0.3) is 5.88 Å². The maximum atomic E-state index is 15.0. The lowest BCUT2D eigenvalue weighted by Crippen LogP contribution is -2.54. The van der Waals surface area contributed by atoms with Gasteiger partial charge in [-0.3, -0.25) is 14.5 Å². The van der Waals surface area contributed by atoms with Crippen LogP contribution >= 0.6 is 0 Å². The third kappa shape index (κ3) is 5.87. The number of hydrogen-bond acceptors (Lipinski definition) is 10. The molecule has 1 fully saturated rings. The highest BCUT2D eigenvalue weighted by molar-refractivity contribution is 6.01. The molecule has 1 saturated heterocycles. The number of halogens is 1. The van der Waals surface area contributed by atoms with E-state index < -0.39 is 12.0 Å². The molecule has 5 rings (SSSR count). The Bertz CT molecular complexity index is 1430. The molecule has 0 radical (unpaired) electrons. The summed E-state index contributed by atoms with van der Waals surface area (Å²) in [6, 6.07) is 5.54. The number of para-hydroxylation sites is 1. The van der Waals surface area contributed by atoms with Crippen molar-refractivity contribution in [2.24, 2.45) is 7.05 Å². The number of H-pyrrole nitrogens is 1. The molecule has 13 heteroatoms. The zero-order valence-electron chi connectivity index (χ0n) is 23.2. The van der Waals surface area contributed by atoms with Crippen LogP contribution in [-0.4, -0.2) is 105 Å². The fourth-order valence-electron chi connectivity index (χ4n) is 5.01. The van der Waals surface area contributed by atoms with Gasteiger partial charge < -0.3 is 30.2 Å². The van der Waals surface area contributed by atoms with E-state index in [2.05, 4.69) is 40.5 Å². The van der Waals surface area contributed by atoms with Crippen LogP contribution in [0.2, 0.25) is 0 Å². The van der Waals surface area contributed by atoms with E-state index in [4.69, 9.17) is 9.47 Å². The Kier molecular flexibility index (Phi) is 8.45. The maximum absolute atomic E-state index is 15.0. The second kappa shape index (κ2) is 12.2. The number of benzene rings is 1. The molecular formula is C27H36FN9O3. The van der Waals surface area contributed by atoms with Crippen LogP contribution in [0.5, 0.6) is 5.88 Å². The molecule has 0 bridgehead atoms. The molecule has 0 aliphatic carbocycles. The first-order valence-corrected chi connectivity index (χ1v) is 13.3. The molecule has 214 valence electrons. The fourth-order valence-corrected chi connectivity index (χ4v) is 5.01. The molecule has 0 saturated carbocycles. The first-order valence-electron chi connectivity index (χ1n) is 13.3. The van der Waals surface area contributed by atoms with Crippen molar-refractivity contribution in [1.29, 1.82) is 0 Å². The van der Waals surface area contributed by atoms with E-state index in [0.29, 0.717) is 17.1 Å². The van der Waals surface area contributed by atoms with Crippen LogP contribution in [0, 0.1) is 5.82 Å². The van der Waals surface area contributed by atoms with Gasteiger partial charge in [0.15, 0.2) is 5.82 Å². The average Bonchev–Trinajstić information content (AvgIpc) is 3.56. The van der Waals surface area contributed by atoms with Gasteiger partial charge in [0.2, 0.25) is 5.95 Å². The number of rotatable bonds is 11. The number of nitrogens with zero attached hydrogens (tertiary/aromatic N) is 6. The summed E-state index contributed by atoms with van der Waals surface area (Å²) in [6.45, 7) is 7.26. The summed E-state index contributed by atoms with van der Waals surface area (Å²) in [4.78, 5) is 16.4. The second-order valence-electron chi connectivity index (χ2n) is 9.87. The molecule has 4 N–H and O–H groups in total. The van der Waals surface area contributed by atoms with E-state index in [1.807, 2.05) is 25.1 Å². The highest BCUT2D eigenvalue weighted by Gasteiger charge is 2.26. The molecule has 4 heterocycles. The van der Waals surface area contributed by atoms with Gasteiger partial charge in [-0.1, -0.05) is 12.1 Å². The minimum atomic E-state index is -0.802. The zero-order chi connectivity index (χ0) is 28.2. The van der Waals surface area contributed by atoms with Crippen molar-refractivity contribution < 1.29 is 19.0 Å². The Morgan fingerprint density at radius 1 is 1.18 bits per heavy atom. The topological polar surface area (TPSA) is 129 Å². The van der Waals surface area contributed by atoms with Gasteiger partial charge in [-0.15, -0.1) is 5.10 Å². The van der Waals surface area contributed by atoms with Crippen molar-refractivity contribution in [3.8, 4) is 17.1 Å². The lowest BCUT2D eigenvalue weighted by Gasteiger charge is -2.39. The van der Waals surface area contributed by atoms with Gasteiger partial charge in [-0.2, -0.15) is 0 Å². The molecule has 2 atom stereocenters. The molecule has 4 aromatic rings. The van der Waals surface area contributed by atoms with Crippen LogP contribution in [0.1, 0.15) is 6.92 Å². The largest absolute Gasteiger partial charge is 0.478 e. The van der Waals surface area contributed by atoms with Crippen molar-refractivity contribution in [3.05, 3.63) is 42.6 Å². The van der Waals surface area contributed by atoms with Crippen LogP contribution in [0.3, 0.4) is 0 Å². The normalized spacial score (nSPS) is 16.2. The predicted octanol–water partition coefficient (Wildman–Crippen LogP) is 2.63. The Balaban J connectivity index is 1.33. The lowest BCUT2D eigenvalue weighted by molar-refractivity contribution is 0.0325. The SMILES string of the molecule is COCCN1CCN([C@H](C)C(O)Nc2cccc3c(-c4nc(Nc5cn(C)nc5OC)ncc4F)c[nH]c23)CC1. The highest BCUT2D eigenvalue weighted by Crippen LogP contribution is 2.34. The standard InChI is InChI=1S/C27H36FN9O3/c1-17(37-10-8-36(9-11-37)12-13-39-3)25(38)31-21-7-5-6-18-19(14-29-24(18)21)23-20(28)15-30-27(33-23)32-22-16-35(2)34-26(22)40-4/h5-7,14-17,25,29,31,38H,8-13H2,1-4H3,(H,30,32,33)/t17-,25?/m1/s1. The number of aromatic nitrogens is 5. The van der Waals surface area contributed by atoms with Crippen LogP contribution in [-0.2, 0) is 11.8 Å². The van der Waals surface area contributed by atoms with Gasteiger partial charge in [-0.05, 0) is 13.0 Å². The molecule has 0 spiro atoms. The minimum Gasteiger partial charge on any atom is -0.478 e. The summed E-state index contributed by atoms with van der Waals surface area (Å²) in [5.74, 6) is 0.0275. The molecule has 1 aromatic carbocycles. The van der Waals surface area contributed by atoms with Crippen LogP contribution in [0.25, 0.3) is 22.2 Å². The van der Waals surface area contributed by atoms with E-state index >= 15 is 0 Å². The molecule has 1 unspecified atom stereocenters. The van der Waals surface area contributed by atoms with Gasteiger partial charge in [0.1, 0.15) is 17.6 Å². The summed E-state index contributed by atoms with van der Waals surface area (Å²) in [6.07, 6.45) is 3.77. The van der Waals surface area contributed by atoms with E-state index in [-0.39, 0.29) is 17.7 Å². The number of nitrogens with one attached hydrogen (secondary N) is 3. The molecule has 0 amide bonds. The van der Waals surface area contributed by atoms with Gasteiger partial charge in [-0.25, -0.2) is 14.4 Å². The number of ether oxygens (including phenoxy) is 2. The third-order valence-corrected chi connectivity index (χ3v) is 7.30. The number of piperazine rings is 1. The summed E-state index contributed by atoms with van der Waals surface area (Å²) in [7, 11) is 5.00. The van der Waals surface area contributed by atoms with Gasteiger partial charge in [0, 0.05) is 64.0 Å². The zero-order valence-corrected chi connectivity index (χ0v) is 23.2. The maximum Gasteiger partial charge on any atom is 0.256 e. The van der Waals surface area contributed by atoms with Crippen LogP contribution < -0.4 is 15.4 Å². The van der Waals surface area contributed by atoms with Crippen molar-refractivity contribution in [3.63, 3.8) is 0 Å². The molecule has 3 aromatic heterocycles. The summed E-state index contributed by atoms with van der Waals surface area (Å²) in [5.41, 5.74) is 2.75. The van der Waals surface area contributed by atoms with Crippen molar-refractivity contribution in [2.75, 3.05) is 64.2 Å². The number of fused-ring (bicyclic) bond motifs is 1. The summed E-state index contributed by atoms with van der Waals surface area (Å²) < 4.78 is 27.0. The molecule has 1 aliphatic heterocycles. The minimum absolute atomic E-state index is 0.105. The van der Waals surface area contributed by atoms with Crippen LogP contribution in [0.15, 0.2) is 36.8 Å². The van der Waals surface area contributed by atoms with E-state index in [9.17, 15) is 9.50 Å². The number of methoxy groups -OCH3 is 2. The number of aliphatic hydroxyl groups is 1. The number of hydrogen-bond donors (Lipinski definition) is 4. The molecule has 40 heavy (non-hydrogen) atoms. The Labute approximate surface area is 232 Å². The Hall–Kier alpha value is -3.78. The lowest BCUT2D eigenvalue weighted by atomic mass is 10.1. The monoisotopic (exact) mass is 553 g/mol. The quantitative estimate of drug-likeness (QED) is 0.206. The van der Waals surface area contributed by atoms with E-state index in [1.54, 1.807) is 31.2 Å². The van der Waals surface area contributed by atoms with Gasteiger partial charge >= 0.3 is 0 Å². The fraction of sp³-hybridized carbons (Fsp3) is 0.444. The van der Waals surface area contributed by atoms with Crippen LogP contribution in [0.4, 0.5) is 21.7 Å². The number of anilines is 3.